The van der Waals surface area contributed by atoms with E-state index < -0.39 is 74.1 Å². The maximum Gasteiger partial charge on any atom is 0.113 e. The zero-order chi connectivity index (χ0) is 18.9. The van der Waals surface area contributed by atoms with Crippen molar-refractivity contribution in [3.05, 3.63) is 0 Å². The Kier molecular flexibility index (Phi) is 7.17. The number of hydrogen-bond acceptors (Lipinski definition) is 9. The van der Waals surface area contributed by atoms with E-state index in [1.165, 1.54) is 0 Å². The topological polar surface area (TPSA) is 160 Å². The van der Waals surface area contributed by atoms with Gasteiger partial charge in [0.05, 0.1) is 24.9 Å². The second-order valence-corrected chi connectivity index (χ2v) is 7.34. The van der Waals surface area contributed by atoms with Crippen LogP contribution >= 0.6 is 0 Å². The highest BCUT2D eigenvalue weighted by molar-refractivity contribution is 4.98. The van der Waals surface area contributed by atoms with Crippen molar-refractivity contribution in [3.8, 4) is 0 Å². The highest BCUT2D eigenvalue weighted by Crippen LogP contribution is 2.33. The van der Waals surface area contributed by atoms with Gasteiger partial charge in [0.1, 0.15) is 36.6 Å². The molecule has 9 heteroatoms. The van der Waals surface area contributed by atoms with Crippen molar-refractivity contribution in [2.75, 3.05) is 13.2 Å². The summed E-state index contributed by atoms with van der Waals surface area (Å²) in [5, 5.41) is 69.1. The molecule has 0 bridgehead atoms. The summed E-state index contributed by atoms with van der Waals surface area (Å²) < 4.78 is 11.4. The van der Waals surface area contributed by atoms with E-state index in [1.807, 2.05) is 13.8 Å². The summed E-state index contributed by atoms with van der Waals surface area (Å²) in [7, 11) is 0. The van der Waals surface area contributed by atoms with Gasteiger partial charge in [0, 0.05) is 12.5 Å². The van der Waals surface area contributed by atoms with Crippen molar-refractivity contribution in [1.82, 2.24) is 0 Å². The molecule has 10 atom stereocenters. The average Bonchev–Trinajstić information content (AvgIpc) is 2.59. The summed E-state index contributed by atoms with van der Waals surface area (Å²) >= 11 is 0. The molecule has 25 heavy (non-hydrogen) atoms. The van der Waals surface area contributed by atoms with Crippen molar-refractivity contribution >= 4 is 0 Å². The molecule has 1 aliphatic heterocycles. The Balaban J connectivity index is 2.17. The number of rotatable bonds is 5. The maximum absolute atomic E-state index is 10.4. The first-order valence-electron chi connectivity index (χ1n) is 8.65. The van der Waals surface area contributed by atoms with Crippen LogP contribution in [0.15, 0.2) is 0 Å². The van der Waals surface area contributed by atoms with Crippen LogP contribution in [-0.2, 0) is 9.47 Å². The molecule has 0 aromatic rings. The fourth-order valence-corrected chi connectivity index (χ4v) is 3.61. The van der Waals surface area contributed by atoms with Crippen molar-refractivity contribution in [3.63, 3.8) is 0 Å². The number of aliphatic hydroxyl groups is 7. The molecule has 148 valence electrons. The minimum atomic E-state index is -1.50. The van der Waals surface area contributed by atoms with Gasteiger partial charge in [-0.2, -0.15) is 0 Å². The van der Waals surface area contributed by atoms with Gasteiger partial charge in [-0.1, -0.05) is 13.8 Å². The number of hydrogen-bond donors (Lipinski definition) is 7. The summed E-state index contributed by atoms with van der Waals surface area (Å²) in [6.07, 6.45) is -10.4. The van der Waals surface area contributed by atoms with Gasteiger partial charge in [-0.05, 0) is 12.3 Å². The highest BCUT2D eigenvalue weighted by atomic mass is 16.6. The number of ether oxygens (including phenoxy) is 2. The van der Waals surface area contributed by atoms with E-state index in [-0.39, 0.29) is 12.3 Å². The smallest absolute Gasteiger partial charge is 0.113 e. The summed E-state index contributed by atoms with van der Waals surface area (Å²) in [6, 6.07) is 0. The average molecular weight is 366 g/mol. The van der Waals surface area contributed by atoms with Gasteiger partial charge in [-0.15, -0.1) is 0 Å². The molecule has 7 N–H and O–H groups in total. The fraction of sp³-hybridized carbons (Fsp3) is 1.00. The monoisotopic (exact) mass is 366 g/mol. The van der Waals surface area contributed by atoms with E-state index in [0.29, 0.717) is 0 Å². The van der Waals surface area contributed by atoms with Crippen LogP contribution in [0.5, 0.6) is 0 Å². The molecule has 1 heterocycles. The van der Waals surface area contributed by atoms with Crippen molar-refractivity contribution in [1.29, 1.82) is 0 Å². The first-order chi connectivity index (χ1) is 11.7. The molecule has 0 amide bonds. The standard InChI is InChI=1S/C16H30O9/c1-6(2)15-16(14(23)12(21)9(5-18)25-15)24-8-3-7(4-17)10(19)13(22)11(8)20/h6-23H,3-5H2,1-2H3/t7-,8-,9+,10+,11?,12?,13?,14+,15?,16-/m0/s1. The van der Waals surface area contributed by atoms with Gasteiger partial charge in [-0.25, -0.2) is 0 Å². The molecular formula is C16H30O9. The van der Waals surface area contributed by atoms with Crippen LogP contribution in [0.25, 0.3) is 0 Å². The second kappa shape index (κ2) is 8.55. The predicted molar refractivity (Wildman–Crippen MR) is 84.5 cm³/mol. The summed E-state index contributed by atoms with van der Waals surface area (Å²) in [5.41, 5.74) is 0. The van der Waals surface area contributed by atoms with E-state index in [4.69, 9.17) is 9.47 Å². The Morgan fingerprint density at radius 3 is 2.04 bits per heavy atom. The molecule has 0 radical (unpaired) electrons. The molecule has 2 aliphatic rings. The molecule has 4 unspecified atom stereocenters. The summed E-state index contributed by atoms with van der Waals surface area (Å²) in [5.74, 6) is -0.802. The van der Waals surface area contributed by atoms with Crippen molar-refractivity contribution in [2.45, 2.75) is 75.2 Å². The first kappa shape index (κ1) is 20.9. The van der Waals surface area contributed by atoms with E-state index in [2.05, 4.69) is 0 Å². The zero-order valence-corrected chi connectivity index (χ0v) is 14.4. The largest absolute Gasteiger partial charge is 0.396 e. The quantitative estimate of drug-likeness (QED) is 0.268. The SMILES string of the molecule is CC(C)C1O[C@H](CO)C(O)[C@@H](O)[C@@H]1O[C@H]1C[C@@H](CO)[C@@H](O)C(O)C1O. The van der Waals surface area contributed by atoms with Crippen molar-refractivity contribution in [2.24, 2.45) is 11.8 Å². The molecule has 1 saturated carbocycles. The van der Waals surface area contributed by atoms with E-state index in [1.54, 1.807) is 0 Å². The van der Waals surface area contributed by atoms with Crippen LogP contribution in [0.2, 0.25) is 0 Å². The van der Waals surface area contributed by atoms with Crippen LogP contribution in [0.3, 0.4) is 0 Å². The van der Waals surface area contributed by atoms with Crippen LogP contribution in [-0.4, -0.2) is 104 Å². The lowest BCUT2D eigenvalue weighted by molar-refractivity contribution is -0.278. The highest BCUT2D eigenvalue weighted by Gasteiger charge is 2.50. The van der Waals surface area contributed by atoms with Gasteiger partial charge in [0.25, 0.3) is 0 Å². The minimum Gasteiger partial charge on any atom is -0.396 e. The summed E-state index contributed by atoms with van der Waals surface area (Å²) in [6.45, 7) is 2.80. The summed E-state index contributed by atoms with van der Waals surface area (Å²) in [4.78, 5) is 0. The molecule has 9 nitrogen and oxygen atoms in total. The first-order valence-corrected chi connectivity index (χ1v) is 8.65. The van der Waals surface area contributed by atoms with E-state index in [9.17, 15) is 35.7 Å². The third-order valence-electron chi connectivity index (χ3n) is 5.23. The molecule has 1 saturated heterocycles. The van der Waals surface area contributed by atoms with E-state index >= 15 is 0 Å². The van der Waals surface area contributed by atoms with Gasteiger partial charge >= 0.3 is 0 Å². The van der Waals surface area contributed by atoms with Crippen LogP contribution in [0.1, 0.15) is 20.3 Å². The Labute approximate surface area is 146 Å². The lowest BCUT2D eigenvalue weighted by Crippen LogP contribution is -2.63. The van der Waals surface area contributed by atoms with Crippen LogP contribution < -0.4 is 0 Å². The Morgan fingerprint density at radius 2 is 1.52 bits per heavy atom. The van der Waals surface area contributed by atoms with Crippen LogP contribution in [0, 0.1) is 11.8 Å². The predicted octanol–water partition coefficient (Wildman–Crippen LogP) is -3.03. The molecule has 0 aromatic heterocycles. The molecular weight excluding hydrogens is 336 g/mol. The van der Waals surface area contributed by atoms with Gasteiger partial charge in [0.2, 0.25) is 0 Å². The lowest BCUT2D eigenvalue weighted by atomic mass is 9.80. The molecule has 0 spiro atoms. The number of aliphatic hydroxyl groups excluding tert-OH is 7. The maximum atomic E-state index is 10.4. The molecule has 1 aliphatic carbocycles. The Hall–Kier alpha value is -0.360. The van der Waals surface area contributed by atoms with E-state index in [0.717, 1.165) is 0 Å². The normalized spacial score (nSPS) is 48.7. The zero-order valence-electron chi connectivity index (χ0n) is 14.4. The third-order valence-corrected chi connectivity index (χ3v) is 5.23. The Bertz CT molecular complexity index is 418. The third kappa shape index (κ3) is 4.15. The van der Waals surface area contributed by atoms with Gasteiger partial charge < -0.3 is 45.2 Å². The van der Waals surface area contributed by atoms with Gasteiger partial charge in [0.15, 0.2) is 0 Å². The fourth-order valence-electron chi connectivity index (χ4n) is 3.61. The second-order valence-electron chi connectivity index (χ2n) is 7.34. The Morgan fingerprint density at radius 1 is 0.880 bits per heavy atom. The van der Waals surface area contributed by atoms with Crippen LogP contribution in [0.4, 0.5) is 0 Å². The molecule has 2 fully saturated rings. The molecule has 0 aromatic carbocycles. The minimum absolute atomic E-state index is 0.0729. The van der Waals surface area contributed by atoms with Crippen molar-refractivity contribution < 1.29 is 45.2 Å². The molecule has 2 rings (SSSR count). The van der Waals surface area contributed by atoms with Gasteiger partial charge in [-0.3, -0.25) is 0 Å². The lowest BCUT2D eigenvalue weighted by Gasteiger charge is -2.47.